The maximum absolute atomic E-state index is 4.58. The van der Waals surface area contributed by atoms with Crippen LogP contribution in [0.2, 0.25) is 0 Å². The Morgan fingerprint density at radius 1 is 0.636 bits per heavy atom. The van der Waals surface area contributed by atoms with Crippen LogP contribution in [0.25, 0.3) is 23.2 Å². The van der Waals surface area contributed by atoms with Gasteiger partial charge in [-0.05, 0) is 38.1 Å². The molecular formula is C20H32N2. The molecule has 0 atom stereocenters. The van der Waals surface area contributed by atoms with Gasteiger partial charge in [-0.15, -0.1) is 0 Å². The quantitative estimate of drug-likeness (QED) is 0.611. The standard InChI is InChI=1S/C14H14N2.3C2H6/c1-3-7-11-12(8-4-2)16-14-10-6-5-9-13(14)15-11;3*1-2/h3-10H,1-2H3;3*1-2H3/b7-3-,8-4-;;;. The highest BCUT2D eigenvalue weighted by Gasteiger charge is 2.02. The van der Waals surface area contributed by atoms with Gasteiger partial charge in [0.05, 0.1) is 22.4 Å². The minimum absolute atomic E-state index is 0.916. The fraction of sp³-hybridized carbons (Fsp3) is 0.400. The summed E-state index contributed by atoms with van der Waals surface area (Å²) in [5, 5.41) is 0. The number of rotatable bonds is 2. The summed E-state index contributed by atoms with van der Waals surface area (Å²) in [6.45, 7) is 16.0. The van der Waals surface area contributed by atoms with Crippen molar-refractivity contribution in [3.05, 3.63) is 47.8 Å². The molecule has 1 aromatic carbocycles. The Hall–Kier alpha value is -1.96. The van der Waals surface area contributed by atoms with E-state index in [4.69, 9.17) is 0 Å². The van der Waals surface area contributed by atoms with E-state index in [1.165, 1.54) is 0 Å². The lowest BCUT2D eigenvalue weighted by molar-refractivity contribution is 1.24. The number of benzene rings is 1. The minimum Gasteiger partial charge on any atom is -0.245 e. The SMILES string of the molecule is C/C=C\c1nc2ccccc2nc1/C=C\C.CC.CC.CC. The first kappa shape index (κ1) is 22.3. The van der Waals surface area contributed by atoms with Gasteiger partial charge >= 0.3 is 0 Å². The van der Waals surface area contributed by atoms with Crippen molar-refractivity contribution < 1.29 is 0 Å². The van der Waals surface area contributed by atoms with E-state index in [0.29, 0.717) is 0 Å². The maximum atomic E-state index is 4.58. The molecule has 0 bridgehead atoms. The summed E-state index contributed by atoms with van der Waals surface area (Å²) < 4.78 is 0. The molecule has 0 N–H and O–H groups in total. The topological polar surface area (TPSA) is 25.8 Å². The fourth-order valence-corrected chi connectivity index (χ4v) is 1.59. The lowest BCUT2D eigenvalue weighted by atomic mass is 10.2. The molecule has 0 aliphatic rings. The Bertz CT molecular complexity index is 504. The lowest BCUT2D eigenvalue weighted by Gasteiger charge is -2.02. The molecule has 0 saturated carbocycles. The predicted molar refractivity (Wildman–Crippen MR) is 103 cm³/mol. The molecule has 2 nitrogen and oxygen atoms in total. The van der Waals surface area contributed by atoms with Gasteiger partial charge in [-0.2, -0.15) is 0 Å². The van der Waals surface area contributed by atoms with Gasteiger partial charge in [-0.3, -0.25) is 0 Å². The first-order valence-electron chi connectivity index (χ1n) is 8.37. The smallest absolute Gasteiger partial charge is 0.0894 e. The molecule has 1 heterocycles. The van der Waals surface area contributed by atoms with Crippen LogP contribution in [0.5, 0.6) is 0 Å². The molecule has 2 rings (SSSR count). The van der Waals surface area contributed by atoms with Gasteiger partial charge in [-0.1, -0.05) is 65.8 Å². The van der Waals surface area contributed by atoms with Crippen molar-refractivity contribution >= 4 is 23.2 Å². The molecule has 0 amide bonds. The normalized spacial score (nSPS) is 9.45. The molecule has 0 saturated heterocycles. The zero-order valence-electron chi connectivity index (χ0n) is 15.5. The Balaban J connectivity index is 0. The molecule has 0 aliphatic carbocycles. The molecule has 0 fully saturated rings. The largest absolute Gasteiger partial charge is 0.245 e. The molecule has 122 valence electrons. The second-order valence-corrected chi connectivity index (χ2v) is 3.48. The molecular weight excluding hydrogens is 268 g/mol. The Kier molecular flexibility index (Phi) is 15.7. The van der Waals surface area contributed by atoms with Crippen LogP contribution in [0, 0.1) is 0 Å². The van der Waals surface area contributed by atoms with Crippen LogP contribution in [0.4, 0.5) is 0 Å². The molecule has 2 aromatic rings. The highest BCUT2D eigenvalue weighted by molar-refractivity contribution is 5.77. The van der Waals surface area contributed by atoms with E-state index >= 15 is 0 Å². The van der Waals surface area contributed by atoms with Crippen molar-refractivity contribution in [1.82, 2.24) is 9.97 Å². The first-order chi connectivity index (χ1) is 10.8. The van der Waals surface area contributed by atoms with Crippen molar-refractivity contribution in [3.63, 3.8) is 0 Å². The van der Waals surface area contributed by atoms with Gasteiger partial charge < -0.3 is 0 Å². The summed E-state index contributed by atoms with van der Waals surface area (Å²) in [6.07, 6.45) is 7.92. The van der Waals surface area contributed by atoms with E-state index in [9.17, 15) is 0 Å². The molecule has 0 aliphatic heterocycles. The molecule has 0 unspecified atom stereocenters. The Morgan fingerprint density at radius 3 is 1.23 bits per heavy atom. The van der Waals surface area contributed by atoms with Gasteiger partial charge in [0.15, 0.2) is 0 Å². The van der Waals surface area contributed by atoms with E-state index in [2.05, 4.69) is 9.97 Å². The van der Waals surface area contributed by atoms with E-state index in [0.717, 1.165) is 22.4 Å². The number of nitrogens with zero attached hydrogens (tertiary/aromatic N) is 2. The van der Waals surface area contributed by atoms with Crippen LogP contribution in [0.3, 0.4) is 0 Å². The summed E-state index contributed by atoms with van der Waals surface area (Å²) in [6, 6.07) is 7.92. The fourth-order valence-electron chi connectivity index (χ4n) is 1.59. The summed E-state index contributed by atoms with van der Waals surface area (Å²) in [7, 11) is 0. The summed E-state index contributed by atoms with van der Waals surface area (Å²) in [5.41, 5.74) is 3.70. The third-order valence-electron chi connectivity index (χ3n) is 2.28. The number of hydrogen-bond donors (Lipinski definition) is 0. The molecule has 2 heteroatoms. The van der Waals surface area contributed by atoms with Gasteiger partial charge in [0.25, 0.3) is 0 Å². The van der Waals surface area contributed by atoms with Crippen LogP contribution in [0.1, 0.15) is 66.8 Å². The first-order valence-corrected chi connectivity index (χ1v) is 8.37. The van der Waals surface area contributed by atoms with Crippen LogP contribution >= 0.6 is 0 Å². The van der Waals surface area contributed by atoms with Gasteiger partial charge in [0.1, 0.15) is 0 Å². The monoisotopic (exact) mass is 300 g/mol. The van der Waals surface area contributed by atoms with Crippen LogP contribution < -0.4 is 0 Å². The minimum atomic E-state index is 0.916. The van der Waals surface area contributed by atoms with E-state index < -0.39 is 0 Å². The van der Waals surface area contributed by atoms with Crippen molar-refractivity contribution in [2.45, 2.75) is 55.4 Å². The van der Waals surface area contributed by atoms with E-state index in [-0.39, 0.29) is 0 Å². The van der Waals surface area contributed by atoms with Crippen molar-refractivity contribution in [2.75, 3.05) is 0 Å². The van der Waals surface area contributed by atoms with Crippen molar-refractivity contribution in [2.24, 2.45) is 0 Å². The molecule has 0 radical (unpaired) electrons. The average molecular weight is 300 g/mol. The molecule has 22 heavy (non-hydrogen) atoms. The third kappa shape index (κ3) is 7.16. The van der Waals surface area contributed by atoms with Crippen molar-refractivity contribution in [3.8, 4) is 0 Å². The van der Waals surface area contributed by atoms with Crippen LogP contribution in [0.15, 0.2) is 36.4 Å². The number of fused-ring (bicyclic) bond motifs is 1. The summed E-state index contributed by atoms with van der Waals surface area (Å²) in [4.78, 5) is 9.17. The van der Waals surface area contributed by atoms with Gasteiger partial charge in [0, 0.05) is 0 Å². The highest BCUT2D eigenvalue weighted by Crippen LogP contribution is 2.15. The number of aromatic nitrogens is 2. The van der Waals surface area contributed by atoms with Gasteiger partial charge in [0.2, 0.25) is 0 Å². The maximum Gasteiger partial charge on any atom is 0.0894 e. The zero-order valence-corrected chi connectivity index (χ0v) is 15.5. The number of allylic oxidation sites excluding steroid dienone is 2. The van der Waals surface area contributed by atoms with E-state index in [1.54, 1.807) is 0 Å². The Morgan fingerprint density at radius 2 is 0.955 bits per heavy atom. The number of para-hydroxylation sites is 2. The van der Waals surface area contributed by atoms with Crippen LogP contribution in [-0.2, 0) is 0 Å². The third-order valence-corrected chi connectivity index (χ3v) is 2.28. The van der Waals surface area contributed by atoms with Gasteiger partial charge in [-0.25, -0.2) is 9.97 Å². The molecule has 1 aromatic heterocycles. The molecule has 0 spiro atoms. The summed E-state index contributed by atoms with van der Waals surface area (Å²) >= 11 is 0. The lowest BCUT2D eigenvalue weighted by Crippen LogP contribution is -1.93. The Labute approximate surface area is 137 Å². The highest BCUT2D eigenvalue weighted by atomic mass is 14.8. The number of hydrogen-bond acceptors (Lipinski definition) is 2. The van der Waals surface area contributed by atoms with E-state index in [1.807, 2.05) is 104 Å². The second-order valence-electron chi connectivity index (χ2n) is 3.48. The predicted octanol–water partition coefficient (Wildman–Crippen LogP) is 6.77. The zero-order chi connectivity index (χ0) is 17.4. The second kappa shape index (κ2) is 15.4. The van der Waals surface area contributed by atoms with Crippen LogP contribution in [-0.4, -0.2) is 9.97 Å². The average Bonchev–Trinajstić information content (AvgIpc) is 2.61. The summed E-state index contributed by atoms with van der Waals surface area (Å²) in [5.74, 6) is 0. The van der Waals surface area contributed by atoms with Crippen molar-refractivity contribution in [1.29, 1.82) is 0 Å².